The number of amides is 1. The summed E-state index contributed by atoms with van der Waals surface area (Å²) >= 11 is 0. The molecule has 4 nitrogen and oxygen atoms in total. The maximum absolute atomic E-state index is 12.1. The summed E-state index contributed by atoms with van der Waals surface area (Å²) in [5.74, 6) is 0.144. The molecular weight excluding hydrogens is 226 g/mol. The summed E-state index contributed by atoms with van der Waals surface area (Å²) in [6.07, 6.45) is 2.71. The van der Waals surface area contributed by atoms with E-state index in [-0.39, 0.29) is 17.4 Å². The molecule has 0 saturated carbocycles. The quantitative estimate of drug-likeness (QED) is 0.721. The van der Waals surface area contributed by atoms with E-state index in [1.807, 2.05) is 13.8 Å². The minimum absolute atomic E-state index is 0.113. The highest BCUT2D eigenvalue weighted by atomic mass is 16.2. The van der Waals surface area contributed by atoms with Crippen LogP contribution in [0.1, 0.15) is 53.4 Å². The number of carbonyl (C=O) groups is 1. The predicted molar refractivity (Wildman–Crippen MR) is 73.8 cm³/mol. The lowest BCUT2D eigenvalue weighted by atomic mass is 9.84. The largest absolute Gasteiger partial charge is 0.339 e. The molecular formula is C14H27N3O. The van der Waals surface area contributed by atoms with Gasteiger partial charge in [0, 0.05) is 19.0 Å². The van der Waals surface area contributed by atoms with Crippen LogP contribution in [0, 0.1) is 16.7 Å². The Bertz CT molecular complexity index is 292. The van der Waals surface area contributed by atoms with Crippen LogP contribution in [0.25, 0.3) is 0 Å². The summed E-state index contributed by atoms with van der Waals surface area (Å²) in [5.41, 5.74) is 5.68. The molecule has 0 bridgehead atoms. The van der Waals surface area contributed by atoms with Gasteiger partial charge < -0.3 is 10.6 Å². The highest BCUT2D eigenvalue weighted by molar-refractivity contribution is 5.76. The Balaban J connectivity index is 4.31. The van der Waals surface area contributed by atoms with Crippen molar-refractivity contribution in [3.63, 3.8) is 0 Å². The Hall–Kier alpha value is -1.08. The number of hydrogen-bond acceptors (Lipinski definition) is 3. The molecule has 0 aliphatic carbocycles. The van der Waals surface area contributed by atoms with Gasteiger partial charge in [-0.1, -0.05) is 13.8 Å². The topological polar surface area (TPSA) is 70.1 Å². The van der Waals surface area contributed by atoms with Gasteiger partial charge in [0.15, 0.2) is 0 Å². The maximum Gasteiger partial charge on any atom is 0.222 e. The summed E-state index contributed by atoms with van der Waals surface area (Å²) in [7, 11) is 0. The minimum Gasteiger partial charge on any atom is -0.339 e. The molecule has 0 saturated heterocycles. The van der Waals surface area contributed by atoms with E-state index in [2.05, 4.69) is 19.9 Å². The minimum atomic E-state index is 0.113. The average Bonchev–Trinajstić information content (AvgIpc) is 2.26. The number of hydrogen-bond donors (Lipinski definition) is 1. The van der Waals surface area contributed by atoms with Crippen LogP contribution in [-0.4, -0.2) is 29.9 Å². The van der Waals surface area contributed by atoms with E-state index in [4.69, 9.17) is 11.0 Å². The van der Waals surface area contributed by atoms with Gasteiger partial charge in [-0.3, -0.25) is 4.79 Å². The number of carbonyl (C=O) groups excluding carboxylic acids is 1. The number of rotatable bonds is 8. The summed E-state index contributed by atoms with van der Waals surface area (Å²) in [6, 6.07) is 2.25. The van der Waals surface area contributed by atoms with Crippen molar-refractivity contribution in [2.75, 3.05) is 13.1 Å². The highest BCUT2D eigenvalue weighted by Gasteiger charge is 2.22. The molecule has 0 aliphatic rings. The van der Waals surface area contributed by atoms with E-state index in [1.165, 1.54) is 0 Å². The Morgan fingerprint density at radius 2 is 2.00 bits per heavy atom. The van der Waals surface area contributed by atoms with Crippen molar-refractivity contribution in [1.29, 1.82) is 5.26 Å². The van der Waals surface area contributed by atoms with Crippen LogP contribution < -0.4 is 5.73 Å². The fraction of sp³-hybridized carbons (Fsp3) is 0.857. The van der Waals surface area contributed by atoms with Gasteiger partial charge in [-0.2, -0.15) is 5.26 Å². The zero-order valence-corrected chi connectivity index (χ0v) is 12.2. The van der Waals surface area contributed by atoms with Gasteiger partial charge in [0.25, 0.3) is 0 Å². The molecule has 0 aromatic heterocycles. The third kappa shape index (κ3) is 6.61. The third-order valence-electron chi connectivity index (χ3n) is 3.24. The first-order valence-corrected chi connectivity index (χ1v) is 6.70. The molecule has 0 aromatic rings. The number of nitrogens with two attached hydrogens (primary N) is 1. The van der Waals surface area contributed by atoms with Crippen molar-refractivity contribution in [3.05, 3.63) is 0 Å². The summed E-state index contributed by atoms with van der Waals surface area (Å²) in [6.45, 7) is 9.44. The predicted octanol–water partition coefficient (Wildman–Crippen LogP) is 2.29. The zero-order valence-electron chi connectivity index (χ0n) is 12.2. The normalized spacial score (nSPS) is 11.4. The van der Waals surface area contributed by atoms with Crippen LogP contribution in [0.15, 0.2) is 0 Å². The molecule has 1 amide bonds. The third-order valence-corrected chi connectivity index (χ3v) is 3.24. The molecule has 2 N–H and O–H groups in total. The monoisotopic (exact) mass is 253 g/mol. The van der Waals surface area contributed by atoms with E-state index >= 15 is 0 Å². The Labute approximate surface area is 111 Å². The lowest BCUT2D eigenvalue weighted by molar-refractivity contribution is -0.133. The average molecular weight is 253 g/mol. The van der Waals surface area contributed by atoms with Crippen LogP contribution in [0.5, 0.6) is 0 Å². The standard InChI is InChI=1S/C14H27N3O/c1-12(2)17(11-5-9-15)13(18)6-7-14(3,4)8-10-16/h12H,5-8,10-11,16H2,1-4H3. The SMILES string of the molecule is CC(C)N(CCC#N)C(=O)CCC(C)(C)CCN. The zero-order chi connectivity index (χ0) is 14.2. The molecule has 0 fully saturated rings. The van der Waals surface area contributed by atoms with Crippen molar-refractivity contribution >= 4 is 5.91 Å². The van der Waals surface area contributed by atoms with Crippen molar-refractivity contribution in [1.82, 2.24) is 4.90 Å². The van der Waals surface area contributed by atoms with Gasteiger partial charge in [-0.25, -0.2) is 0 Å². The van der Waals surface area contributed by atoms with Crippen molar-refractivity contribution in [2.24, 2.45) is 11.1 Å². The summed E-state index contributed by atoms with van der Waals surface area (Å²) in [5, 5.41) is 8.61. The van der Waals surface area contributed by atoms with Crippen LogP contribution >= 0.6 is 0 Å². The van der Waals surface area contributed by atoms with Gasteiger partial charge in [0.2, 0.25) is 5.91 Å². The number of nitriles is 1. The first-order chi connectivity index (χ1) is 8.34. The van der Waals surface area contributed by atoms with E-state index in [1.54, 1.807) is 4.90 Å². The van der Waals surface area contributed by atoms with E-state index in [9.17, 15) is 4.79 Å². The second-order valence-electron chi connectivity index (χ2n) is 5.79. The van der Waals surface area contributed by atoms with Crippen LogP contribution in [-0.2, 0) is 4.79 Å². The molecule has 0 unspecified atom stereocenters. The van der Waals surface area contributed by atoms with Crippen molar-refractivity contribution < 1.29 is 4.79 Å². The smallest absolute Gasteiger partial charge is 0.222 e. The first kappa shape index (κ1) is 16.9. The van der Waals surface area contributed by atoms with E-state index in [0.717, 1.165) is 12.8 Å². The second-order valence-corrected chi connectivity index (χ2v) is 5.79. The lowest BCUT2D eigenvalue weighted by Crippen LogP contribution is -2.38. The Kier molecular flexibility index (Phi) is 7.61. The Morgan fingerprint density at radius 3 is 2.44 bits per heavy atom. The second kappa shape index (κ2) is 8.10. The molecule has 0 spiro atoms. The van der Waals surface area contributed by atoms with Crippen LogP contribution in [0.2, 0.25) is 0 Å². The van der Waals surface area contributed by atoms with E-state index in [0.29, 0.717) is 25.9 Å². The maximum atomic E-state index is 12.1. The molecule has 0 heterocycles. The number of nitrogens with zero attached hydrogens (tertiary/aromatic N) is 2. The molecule has 0 aliphatic heterocycles. The highest BCUT2D eigenvalue weighted by Crippen LogP contribution is 2.26. The molecule has 18 heavy (non-hydrogen) atoms. The molecule has 0 radical (unpaired) electrons. The van der Waals surface area contributed by atoms with Gasteiger partial charge in [-0.15, -0.1) is 0 Å². The molecule has 104 valence electrons. The fourth-order valence-corrected chi connectivity index (χ4v) is 1.95. The summed E-state index contributed by atoms with van der Waals surface area (Å²) in [4.78, 5) is 13.9. The molecule has 4 heteroatoms. The molecule has 0 atom stereocenters. The van der Waals surface area contributed by atoms with Crippen molar-refractivity contribution in [3.8, 4) is 6.07 Å². The molecule has 0 rings (SSSR count). The van der Waals surface area contributed by atoms with Gasteiger partial charge >= 0.3 is 0 Å². The van der Waals surface area contributed by atoms with Gasteiger partial charge in [-0.05, 0) is 38.6 Å². The van der Waals surface area contributed by atoms with Crippen LogP contribution in [0.3, 0.4) is 0 Å². The van der Waals surface area contributed by atoms with Crippen LogP contribution in [0.4, 0.5) is 0 Å². The molecule has 0 aromatic carbocycles. The first-order valence-electron chi connectivity index (χ1n) is 6.70. The van der Waals surface area contributed by atoms with Gasteiger partial charge in [0.1, 0.15) is 0 Å². The van der Waals surface area contributed by atoms with Gasteiger partial charge in [0.05, 0.1) is 12.5 Å². The summed E-state index contributed by atoms with van der Waals surface area (Å²) < 4.78 is 0. The fourth-order valence-electron chi connectivity index (χ4n) is 1.95. The Morgan fingerprint density at radius 1 is 1.39 bits per heavy atom. The van der Waals surface area contributed by atoms with E-state index < -0.39 is 0 Å². The van der Waals surface area contributed by atoms with Crippen molar-refractivity contribution in [2.45, 2.75) is 59.4 Å². The lowest BCUT2D eigenvalue weighted by Gasteiger charge is -2.29.